The van der Waals surface area contributed by atoms with Crippen LogP contribution >= 0.6 is 11.3 Å². The molecular weight excluding hydrogens is 353 g/mol. The van der Waals surface area contributed by atoms with Crippen LogP contribution in [0.15, 0.2) is 6.20 Å². The third kappa shape index (κ3) is 4.97. The maximum atomic E-state index is 11.8. The first-order chi connectivity index (χ1) is 11.8. The van der Waals surface area contributed by atoms with Crippen molar-refractivity contribution in [3.05, 3.63) is 11.2 Å². The minimum atomic E-state index is -0.720. The Morgan fingerprint density at radius 2 is 1.96 bits per heavy atom. The monoisotopic (exact) mass is 379 g/mol. The highest BCUT2D eigenvalue weighted by Gasteiger charge is 2.52. The number of nitriles is 1. The fourth-order valence-corrected chi connectivity index (χ4v) is 3.17. The highest BCUT2D eigenvalue weighted by Crippen LogP contribution is 2.36. The standard InChI is InChI=1S/C17H26BN3O4S/c1-15(2,3)23-14(22)21-11(9-19)8-13-20-10-12(26-13)18-24-16(4,5)17(6,7)25-18/h10-11H,8H2,1-7H3,(H,21,22)/t11-/m0/s1. The minimum absolute atomic E-state index is 0.292. The second-order valence-corrected chi connectivity index (χ2v) is 9.42. The maximum Gasteiger partial charge on any atom is 0.507 e. The van der Waals surface area contributed by atoms with Crippen LogP contribution < -0.4 is 10.1 Å². The summed E-state index contributed by atoms with van der Waals surface area (Å²) in [7, 11) is -0.481. The number of nitrogens with zero attached hydrogens (tertiary/aromatic N) is 2. The Hall–Kier alpha value is -1.63. The first-order valence-corrected chi connectivity index (χ1v) is 9.34. The van der Waals surface area contributed by atoms with Gasteiger partial charge in [0.1, 0.15) is 11.6 Å². The van der Waals surface area contributed by atoms with Crippen LogP contribution in [0.1, 0.15) is 53.5 Å². The van der Waals surface area contributed by atoms with Gasteiger partial charge >= 0.3 is 13.2 Å². The van der Waals surface area contributed by atoms with Crippen LogP contribution in [0.2, 0.25) is 0 Å². The molecule has 1 N–H and O–H groups in total. The lowest BCUT2D eigenvalue weighted by Gasteiger charge is -2.32. The number of hydrogen-bond donors (Lipinski definition) is 1. The summed E-state index contributed by atoms with van der Waals surface area (Å²) < 4.78 is 18.0. The Morgan fingerprint density at radius 3 is 2.46 bits per heavy atom. The molecular formula is C17H26BN3O4S. The Morgan fingerprint density at radius 1 is 1.38 bits per heavy atom. The number of nitrogens with one attached hydrogen (secondary N) is 1. The molecule has 9 heteroatoms. The molecule has 0 radical (unpaired) electrons. The number of ether oxygens (including phenoxy) is 1. The topological polar surface area (TPSA) is 93.5 Å². The molecule has 0 aromatic carbocycles. The predicted octanol–water partition coefficient (Wildman–Crippen LogP) is 2.40. The molecule has 0 saturated carbocycles. The lowest BCUT2D eigenvalue weighted by atomic mass is 9.89. The highest BCUT2D eigenvalue weighted by molar-refractivity contribution is 7.22. The third-order valence-electron chi connectivity index (χ3n) is 4.28. The Balaban J connectivity index is 1.99. The van der Waals surface area contributed by atoms with Crippen LogP contribution in [-0.4, -0.2) is 41.0 Å². The predicted molar refractivity (Wildman–Crippen MR) is 100 cm³/mol. The second-order valence-electron chi connectivity index (χ2n) is 8.28. The van der Waals surface area contributed by atoms with Crippen molar-refractivity contribution in [3.8, 4) is 6.07 Å². The number of carbonyl (C=O) groups excluding carboxylic acids is 1. The molecule has 0 spiro atoms. The Labute approximate surface area is 159 Å². The number of aromatic nitrogens is 1. The average molecular weight is 379 g/mol. The van der Waals surface area contributed by atoms with E-state index in [1.807, 2.05) is 27.7 Å². The van der Waals surface area contributed by atoms with Gasteiger partial charge < -0.3 is 19.4 Å². The molecule has 1 amide bonds. The number of alkyl carbamates (subject to hydrolysis) is 1. The van der Waals surface area contributed by atoms with Crippen molar-refractivity contribution < 1.29 is 18.8 Å². The summed E-state index contributed by atoms with van der Waals surface area (Å²) in [6.07, 6.45) is 1.37. The summed E-state index contributed by atoms with van der Waals surface area (Å²) in [5, 5.41) is 12.6. The van der Waals surface area contributed by atoms with Crippen molar-refractivity contribution in [3.63, 3.8) is 0 Å². The fourth-order valence-electron chi connectivity index (χ4n) is 2.24. The van der Waals surface area contributed by atoms with Crippen molar-refractivity contribution in [1.82, 2.24) is 10.3 Å². The van der Waals surface area contributed by atoms with Gasteiger partial charge in [-0.1, -0.05) is 0 Å². The van der Waals surface area contributed by atoms with E-state index < -0.39 is 36.1 Å². The summed E-state index contributed by atoms with van der Waals surface area (Å²) in [5.74, 6) is 0. The maximum absolute atomic E-state index is 11.8. The van der Waals surface area contributed by atoms with Gasteiger partial charge in [-0.25, -0.2) is 9.78 Å². The SMILES string of the molecule is CC(C)(C)OC(=O)N[C@H](C#N)Cc1ncc(B2OC(C)(C)C(C)(C)O2)s1. The molecule has 1 saturated heterocycles. The summed E-state index contributed by atoms with van der Waals surface area (Å²) >= 11 is 1.41. The zero-order valence-electron chi connectivity index (χ0n) is 16.4. The minimum Gasteiger partial charge on any atom is -0.444 e. The molecule has 0 unspecified atom stereocenters. The average Bonchev–Trinajstić information content (AvgIpc) is 2.99. The van der Waals surface area contributed by atoms with E-state index in [2.05, 4.69) is 16.4 Å². The summed E-state index contributed by atoms with van der Waals surface area (Å²) in [5.41, 5.74) is -1.46. The van der Waals surface area contributed by atoms with Crippen molar-refractivity contribution >= 4 is 29.3 Å². The molecule has 26 heavy (non-hydrogen) atoms. The highest BCUT2D eigenvalue weighted by atomic mass is 32.1. The molecule has 1 aliphatic heterocycles. The van der Waals surface area contributed by atoms with Crippen molar-refractivity contribution in [2.45, 2.75) is 77.7 Å². The van der Waals surface area contributed by atoms with Crippen molar-refractivity contribution in [1.29, 1.82) is 5.26 Å². The van der Waals surface area contributed by atoms with Gasteiger partial charge in [0.2, 0.25) is 0 Å². The molecule has 0 bridgehead atoms. The third-order valence-corrected chi connectivity index (χ3v) is 5.32. The zero-order chi connectivity index (χ0) is 19.8. The molecule has 7 nitrogen and oxygen atoms in total. The van der Waals surface area contributed by atoms with Gasteiger partial charge in [0, 0.05) is 12.6 Å². The van der Waals surface area contributed by atoms with E-state index in [1.165, 1.54) is 11.3 Å². The van der Waals surface area contributed by atoms with Crippen molar-refractivity contribution in [2.24, 2.45) is 0 Å². The van der Waals surface area contributed by atoms with Crippen LogP contribution in [0.3, 0.4) is 0 Å². The zero-order valence-corrected chi connectivity index (χ0v) is 17.2. The van der Waals surface area contributed by atoms with Crippen LogP contribution in [-0.2, 0) is 20.5 Å². The van der Waals surface area contributed by atoms with Gasteiger partial charge in [0.05, 0.1) is 27.1 Å². The summed E-state index contributed by atoms with van der Waals surface area (Å²) in [4.78, 5) is 16.2. The van der Waals surface area contributed by atoms with Crippen LogP contribution in [0.5, 0.6) is 0 Å². The first-order valence-electron chi connectivity index (χ1n) is 8.52. The van der Waals surface area contributed by atoms with E-state index in [9.17, 15) is 10.1 Å². The molecule has 1 aliphatic rings. The quantitative estimate of drug-likeness (QED) is 0.808. The molecule has 142 valence electrons. The van der Waals surface area contributed by atoms with Crippen LogP contribution in [0, 0.1) is 11.3 Å². The fraction of sp³-hybridized carbons (Fsp3) is 0.706. The van der Waals surface area contributed by atoms with Gasteiger partial charge in [-0.15, -0.1) is 11.3 Å². The van der Waals surface area contributed by atoms with Gasteiger partial charge in [-0.2, -0.15) is 5.26 Å². The lowest BCUT2D eigenvalue weighted by Crippen LogP contribution is -2.41. The van der Waals surface area contributed by atoms with E-state index in [0.29, 0.717) is 6.42 Å². The molecule has 1 fully saturated rings. The van der Waals surface area contributed by atoms with Crippen LogP contribution in [0.4, 0.5) is 4.79 Å². The van der Waals surface area contributed by atoms with Gasteiger partial charge in [0.15, 0.2) is 0 Å². The molecule has 1 atom stereocenters. The first kappa shape index (κ1) is 20.7. The molecule has 0 aliphatic carbocycles. The van der Waals surface area contributed by atoms with Gasteiger partial charge in [-0.3, -0.25) is 0 Å². The second kappa shape index (κ2) is 7.18. The normalized spacial score (nSPS) is 19.7. The summed E-state index contributed by atoms with van der Waals surface area (Å²) in [6.45, 7) is 13.3. The number of hydrogen-bond acceptors (Lipinski definition) is 7. The molecule has 1 aromatic heterocycles. The largest absolute Gasteiger partial charge is 0.507 e. The number of amides is 1. The van der Waals surface area contributed by atoms with Gasteiger partial charge in [-0.05, 0) is 48.5 Å². The lowest BCUT2D eigenvalue weighted by molar-refractivity contribution is 0.00578. The van der Waals surface area contributed by atoms with E-state index in [0.717, 1.165) is 9.78 Å². The van der Waals surface area contributed by atoms with E-state index >= 15 is 0 Å². The smallest absolute Gasteiger partial charge is 0.444 e. The van der Waals surface area contributed by atoms with E-state index in [1.54, 1.807) is 27.0 Å². The molecule has 2 rings (SSSR count). The molecule has 1 aromatic rings. The van der Waals surface area contributed by atoms with E-state index in [4.69, 9.17) is 14.0 Å². The number of thiazole rings is 1. The molecule has 2 heterocycles. The Bertz CT molecular complexity index is 690. The van der Waals surface area contributed by atoms with E-state index in [-0.39, 0.29) is 0 Å². The van der Waals surface area contributed by atoms with Gasteiger partial charge in [0.25, 0.3) is 0 Å². The summed E-state index contributed by atoms with van der Waals surface area (Å²) in [6, 6.07) is 1.34. The van der Waals surface area contributed by atoms with Crippen molar-refractivity contribution in [2.75, 3.05) is 0 Å². The number of carbonyl (C=O) groups is 1. The number of rotatable bonds is 4. The Kier molecular flexibility index (Phi) is 5.71. The van der Waals surface area contributed by atoms with Crippen LogP contribution in [0.25, 0.3) is 0 Å².